The van der Waals surface area contributed by atoms with Gasteiger partial charge in [-0.3, -0.25) is 13.7 Å². The molecule has 12 heteroatoms. The molecule has 0 fully saturated rings. The van der Waals surface area contributed by atoms with Gasteiger partial charge in [0.2, 0.25) is 0 Å². The summed E-state index contributed by atoms with van der Waals surface area (Å²) < 4.78 is 6.58. The molecule has 0 aliphatic heterocycles. The molecule has 0 unspecified atom stereocenters. The van der Waals surface area contributed by atoms with E-state index in [4.69, 9.17) is 25.8 Å². The molecule has 0 atom stereocenters. The number of imidazole rings is 3. The zero-order valence-electron chi connectivity index (χ0n) is 36.8. The molecular formula is C57H38N12. The maximum atomic E-state index is 8.60. The summed E-state index contributed by atoms with van der Waals surface area (Å²) in [5, 5.41) is 32.9. The van der Waals surface area contributed by atoms with Crippen LogP contribution in [0.4, 0.5) is 0 Å². The normalized spacial score (nSPS) is 11.5. The highest BCUT2D eigenvalue weighted by molar-refractivity contribution is 6.08. The summed E-state index contributed by atoms with van der Waals surface area (Å²) in [5.74, 6) is 2.20. The molecule has 0 aliphatic rings. The molecule has 0 amide bonds. The van der Waals surface area contributed by atoms with Gasteiger partial charge in [0.15, 0.2) is 0 Å². The Labute approximate surface area is 395 Å². The molecule has 0 spiro atoms. The Kier molecular flexibility index (Phi) is 10.1. The van der Waals surface area contributed by atoms with Crippen LogP contribution in [0.2, 0.25) is 0 Å². The van der Waals surface area contributed by atoms with E-state index in [9.17, 15) is 0 Å². The number of nitrogens with one attached hydrogen (secondary N) is 2. The van der Waals surface area contributed by atoms with E-state index in [0.29, 0.717) is 5.71 Å². The average molecular weight is 891 g/mol. The van der Waals surface area contributed by atoms with Crippen molar-refractivity contribution < 1.29 is 0 Å². The van der Waals surface area contributed by atoms with Gasteiger partial charge in [-0.05, 0) is 133 Å². The number of allylic oxidation sites excluding steroid dienone is 2. The summed E-state index contributed by atoms with van der Waals surface area (Å²) >= 11 is 0. The van der Waals surface area contributed by atoms with Gasteiger partial charge in [-0.1, -0.05) is 72.8 Å². The molecule has 0 radical (unpaired) electrons. The van der Waals surface area contributed by atoms with Gasteiger partial charge in [-0.2, -0.15) is 20.4 Å². The van der Waals surface area contributed by atoms with Crippen molar-refractivity contribution in [3.8, 4) is 73.7 Å². The van der Waals surface area contributed by atoms with Gasteiger partial charge < -0.3 is 10.8 Å². The monoisotopic (exact) mass is 890 g/mol. The van der Waals surface area contributed by atoms with Crippen LogP contribution in [0.15, 0.2) is 213 Å². The van der Waals surface area contributed by atoms with Crippen molar-refractivity contribution in [1.29, 1.82) is 10.8 Å². The summed E-state index contributed by atoms with van der Waals surface area (Å²) in [6.07, 6.45) is 7.69. The van der Waals surface area contributed by atoms with E-state index in [-0.39, 0.29) is 0 Å². The maximum absolute atomic E-state index is 8.60. The predicted molar refractivity (Wildman–Crippen MR) is 273 cm³/mol. The van der Waals surface area contributed by atoms with Crippen LogP contribution in [0, 0.1) is 10.8 Å². The summed E-state index contributed by atoms with van der Waals surface area (Å²) in [6.45, 7) is 0. The van der Waals surface area contributed by atoms with Crippen LogP contribution in [0.25, 0.3) is 107 Å². The third kappa shape index (κ3) is 7.44. The Bertz CT molecular complexity index is 3730. The first kappa shape index (κ1) is 40.7. The molecular weight excluding hydrogens is 853 g/mol. The minimum Gasteiger partial charge on any atom is -0.309 e. The van der Waals surface area contributed by atoms with Crippen molar-refractivity contribution in [3.05, 3.63) is 218 Å². The first-order valence-electron chi connectivity index (χ1n) is 22.3. The molecule has 12 nitrogen and oxygen atoms in total. The van der Waals surface area contributed by atoms with Crippen LogP contribution >= 0.6 is 0 Å². The third-order valence-electron chi connectivity index (χ3n) is 12.2. The Morgan fingerprint density at radius 2 is 0.783 bits per heavy atom. The van der Waals surface area contributed by atoms with Gasteiger partial charge in [-0.15, -0.1) is 0 Å². The Hall–Kier alpha value is -9.81. The Morgan fingerprint density at radius 1 is 0.406 bits per heavy atom. The van der Waals surface area contributed by atoms with Crippen molar-refractivity contribution in [2.75, 3.05) is 0 Å². The molecule has 69 heavy (non-hydrogen) atoms. The number of aromatic nitrogens is 10. The number of hydrogen-bond acceptors (Lipinski definition) is 9. The second kappa shape index (κ2) is 17.2. The standard InChI is InChI=1S/C57H38N12/c58-31-7-10-46(59)37-19-25-43(26-20-37)67-52-16-4-1-11-49(52)62-55(67)40-34-41(56-63-50-12-2-5-17-53(50)68(56)44-27-21-38(22-28-44)47-14-8-32-60-65-47)36-42(35-40)57-64-51-13-3-6-18-54(51)69(57)45-29-23-39(24-30-45)48-15-9-33-61-66-48/h1-36,58-59H/b10-7-,58-31?,59-46?. The van der Waals surface area contributed by atoms with Crippen LogP contribution in [0.1, 0.15) is 5.56 Å². The van der Waals surface area contributed by atoms with E-state index in [1.165, 1.54) is 6.21 Å². The number of rotatable bonds is 11. The van der Waals surface area contributed by atoms with Crippen molar-refractivity contribution in [2.24, 2.45) is 0 Å². The summed E-state index contributed by atoms with van der Waals surface area (Å²) in [5.41, 5.74) is 15.2. The predicted octanol–water partition coefficient (Wildman–Crippen LogP) is 12.2. The van der Waals surface area contributed by atoms with Crippen LogP contribution in [-0.4, -0.2) is 61.0 Å². The molecule has 7 aromatic carbocycles. The number of para-hydroxylation sites is 6. The van der Waals surface area contributed by atoms with Crippen LogP contribution in [-0.2, 0) is 0 Å². The van der Waals surface area contributed by atoms with Gasteiger partial charge in [0.25, 0.3) is 0 Å². The second-order valence-corrected chi connectivity index (χ2v) is 16.4. The maximum Gasteiger partial charge on any atom is 0.145 e. The van der Waals surface area contributed by atoms with E-state index in [1.54, 1.807) is 24.5 Å². The van der Waals surface area contributed by atoms with Gasteiger partial charge in [0, 0.05) is 63.5 Å². The number of benzene rings is 7. The van der Waals surface area contributed by atoms with E-state index < -0.39 is 0 Å². The highest BCUT2D eigenvalue weighted by Gasteiger charge is 2.23. The lowest BCUT2D eigenvalue weighted by Crippen LogP contribution is -2.03. The van der Waals surface area contributed by atoms with Crippen molar-refractivity contribution >= 4 is 45.0 Å². The first-order chi connectivity index (χ1) is 34.1. The molecule has 326 valence electrons. The fourth-order valence-corrected chi connectivity index (χ4v) is 8.96. The zero-order valence-corrected chi connectivity index (χ0v) is 36.8. The number of nitrogens with zero attached hydrogens (tertiary/aromatic N) is 10. The fourth-order valence-electron chi connectivity index (χ4n) is 8.96. The van der Waals surface area contributed by atoms with E-state index in [1.807, 2.05) is 103 Å². The van der Waals surface area contributed by atoms with Gasteiger partial charge in [0.05, 0.1) is 50.2 Å². The molecule has 0 saturated carbocycles. The first-order valence-corrected chi connectivity index (χ1v) is 22.3. The quantitative estimate of drug-likeness (QED) is 0.123. The van der Waals surface area contributed by atoms with Crippen LogP contribution in [0.3, 0.4) is 0 Å². The minimum atomic E-state index is 0.315. The number of fused-ring (bicyclic) bond motifs is 3. The summed E-state index contributed by atoms with van der Waals surface area (Å²) in [7, 11) is 0. The molecule has 12 aromatic rings. The molecule has 0 bridgehead atoms. The van der Waals surface area contributed by atoms with Crippen LogP contribution < -0.4 is 0 Å². The van der Waals surface area contributed by atoms with E-state index in [0.717, 1.165) is 112 Å². The van der Waals surface area contributed by atoms with Crippen molar-refractivity contribution in [1.82, 2.24) is 49.0 Å². The molecule has 0 saturated heterocycles. The molecule has 0 aliphatic carbocycles. The summed E-state index contributed by atoms with van der Waals surface area (Å²) in [6, 6.07) is 63.3. The Morgan fingerprint density at radius 3 is 1.14 bits per heavy atom. The Balaban J connectivity index is 1.10. The lowest BCUT2D eigenvalue weighted by Gasteiger charge is -2.16. The molecule has 12 rings (SSSR count). The molecule has 2 N–H and O–H groups in total. The fraction of sp³-hybridized carbons (Fsp3) is 0. The van der Waals surface area contributed by atoms with Crippen LogP contribution in [0.5, 0.6) is 0 Å². The molecule has 5 heterocycles. The average Bonchev–Trinajstić information content (AvgIpc) is 4.13. The lowest BCUT2D eigenvalue weighted by molar-refractivity contribution is 1.04. The van der Waals surface area contributed by atoms with Crippen molar-refractivity contribution in [2.45, 2.75) is 0 Å². The SMILES string of the molecule is N=C/C=C\C(=N)c1ccc(-n2c(-c3cc(-c4nc5ccccc5n4-c4ccc(-c5cccnn5)cc4)cc(-c4nc5ccccc5n4-c4ccc(-c5cccnn5)cc4)c3)nc3ccccc32)cc1. The third-order valence-corrected chi connectivity index (χ3v) is 12.2. The van der Waals surface area contributed by atoms with E-state index >= 15 is 0 Å². The largest absolute Gasteiger partial charge is 0.309 e. The lowest BCUT2D eigenvalue weighted by atomic mass is 10.0. The molecule has 5 aromatic heterocycles. The van der Waals surface area contributed by atoms with Crippen molar-refractivity contribution in [3.63, 3.8) is 0 Å². The van der Waals surface area contributed by atoms with Gasteiger partial charge >= 0.3 is 0 Å². The second-order valence-electron chi connectivity index (χ2n) is 16.4. The smallest absolute Gasteiger partial charge is 0.145 e. The van der Waals surface area contributed by atoms with E-state index in [2.05, 4.69) is 119 Å². The highest BCUT2D eigenvalue weighted by Crippen LogP contribution is 2.39. The summed E-state index contributed by atoms with van der Waals surface area (Å²) in [4.78, 5) is 16.1. The van der Waals surface area contributed by atoms with Gasteiger partial charge in [-0.25, -0.2) is 15.0 Å². The zero-order chi connectivity index (χ0) is 46.3. The number of hydrogen-bond donors (Lipinski definition) is 2. The highest BCUT2D eigenvalue weighted by atomic mass is 15.1. The topological polar surface area (TPSA) is 153 Å². The minimum absolute atomic E-state index is 0.315. The van der Waals surface area contributed by atoms with Gasteiger partial charge in [0.1, 0.15) is 17.5 Å².